The maximum atomic E-state index is 11.5. The van der Waals surface area contributed by atoms with Crippen LogP contribution < -0.4 is 5.32 Å². The summed E-state index contributed by atoms with van der Waals surface area (Å²) in [6, 6.07) is 0. The summed E-state index contributed by atoms with van der Waals surface area (Å²) in [7, 11) is 0. The van der Waals surface area contributed by atoms with E-state index >= 15 is 0 Å². The monoisotopic (exact) mass is 196 g/mol. The maximum absolute atomic E-state index is 11.5. The maximum Gasteiger partial charge on any atom is 0.229 e. The van der Waals surface area contributed by atoms with Crippen molar-refractivity contribution in [1.29, 1.82) is 0 Å². The molecule has 2 saturated heterocycles. The third-order valence-electron chi connectivity index (χ3n) is 2.99. The Morgan fingerprint density at radius 3 is 2.57 bits per heavy atom. The van der Waals surface area contributed by atoms with E-state index in [1.165, 1.54) is 4.90 Å². The number of rotatable bonds is 2. The number of amides is 2. The van der Waals surface area contributed by atoms with Gasteiger partial charge in [0.2, 0.25) is 11.8 Å². The predicted octanol–water partition coefficient (Wildman–Crippen LogP) is 0.135. The number of likely N-dealkylation sites (tertiary alicyclic amines) is 1. The Labute approximate surface area is 83.6 Å². The normalized spacial score (nSPS) is 28.6. The highest BCUT2D eigenvalue weighted by molar-refractivity contribution is 5.97. The van der Waals surface area contributed by atoms with Crippen LogP contribution in [-0.2, 0) is 9.59 Å². The van der Waals surface area contributed by atoms with Gasteiger partial charge in [0.05, 0.1) is 0 Å². The first-order chi connectivity index (χ1) is 6.77. The fourth-order valence-electron chi connectivity index (χ4n) is 2.13. The quantitative estimate of drug-likeness (QED) is 0.639. The van der Waals surface area contributed by atoms with Crippen molar-refractivity contribution in [2.24, 2.45) is 5.92 Å². The minimum atomic E-state index is 0.0214. The van der Waals surface area contributed by atoms with Gasteiger partial charge in [-0.05, 0) is 31.8 Å². The number of hydrogen-bond donors (Lipinski definition) is 1. The molecular weight excluding hydrogens is 180 g/mol. The Hall–Kier alpha value is -0.900. The van der Waals surface area contributed by atoms with Crippen molar-refractivity contribution in [3.63, 3.8) is 0 Å². The van der Waals surface area contributed by atoms with Gasteiger partial charge in [-0.2, -0.15) is 0 Å². The Morgan fingerprint density at radius 2 is 2.00 bits per heavy atom. The molecule has 0 aromatic rings. The number of nitrogens with one attached hydrogen (secondary N) is 1. The van der Waals surface area contributed by atoms with Gasteiger partial charge in [0.25, 0.3) is 0 Å². The van der Waals surface area contributed by atoms with Crippen LogP contribution in [0.3, 0.4) is 0 Å². The second kappa shape index (κ2) is 4.09. The van der Waals surface area contributed by atoms with Crippen LogP contribution in [0.25, 0.3) is 0 Å². The molecule has 2 aliphatic rings. The third kappa shape index (κ3) is 1.95. The standard InChI is InChI=1S/C10H16N2O2/c13-9-2-1-3-10(14)12(9)7-8-4-5-11-6-8/h8,11H,1-7H2. The Kier molecular flexibility index (Phi) is 2.82. The fourth-order valence-corrected chi connectivity index (χ4v) is 2.13. The highest BCUT2D eigenvalue weighted by Crippen LogP contribution is 2.16. The van der Waals surface area contributed by atoms with Crippen LogP contribution in [0.1, 0.15) is 25.7 Å². The molecule has 0 radical (unpaired) electrons. The molecule has 4 nitrogen and oxygen atoms in total. The van der Waals surface area contributed by atoms with Gasteiger partial charge >= 0.3 is 0 Å². The van der Waals surface area contributed by atoms with Crippen molar-refractivity contribution in [2.45, 2.75) is 25.7 Å². The highest BCUT2D eigenvalue weighted by atomic mass is 16.2. The van der Waals surface area contributed by atoms with E-state index in [1.54, 1.807) is 0 Å². The van der Waals surface area contributed by atoms with E-state index < -0.39 is 0 Å². The van der Waals surface area contributed by atoms with Gasteiger partial charge in [0.15, 0.2) is 0 Å². The summed E-state index contributed by atoms with van der Waals surface area (Å²) in [6.07, 6.45) is 2.91. The van der Waals surface area contributed by atoms with Gasteiger partial charge in [-0.15, -0.1) is 0 Å². The molecule has 0 aromatic heterocycles. The van der Waals surface area contributed by atoms with Crippen LogP contribution in [0.4, 0.5) is 0 Å². The highest BCUT2D eigenvalue weighted by Gasteiger charge is 2.28. The van der Waals surface area contributed by atoms with Gasteiger partial charge in [0, 0.05) is 19.4 Å². The molecule has 1 unspecified atom stereocenters. The van der Waals surface area contributed by atoms with Crippen LogP contribution in [0.2, 0.25) is 0 Å². The van der Waals surface area contributed by atoms with Crippen LogP contribution >= 0.6 is 0 Å². The summed E-state index contributed by atoms with van der Waals surface area (Å²) < 4.78 is 0. The first-order valence-corrected chi connectivity index (χ1v) is 5.31. The summed E-state index contributed by atoms with van der Waals surface area (Å²) in [5, 5.41) is 3.24. The lowest BCUT2D eigenvalue weighted by Gasteiger charge is -2.27. The largest absolute Gasteiger partial charge is 0.316 e. The number of carbonyl (C=O) groups excluding carboxylic acids is 2. The topological polar surface area (TPSA) is 49.4 Å². The third-order valence-corrected chi connectivity index (χ3v) is 2.99. The van der Waals surface area contributed by atoms with E-state index in [9.17, 15) is 9.59 Å². The lowest BCUT2D eigenvalue weighted by molar-refractivity contribution is -0.148. The first kappa shape index (κ1) is 9.65. The first-order valence-electron chi connectivity index (χ1n) is 5.31. The number of nitrogens with zero attached hydrogens (tertiary/aromatic N) is 1. The van der Waals surface area contributed by atoms with E-state index in [0.717, 1.165) is 25.9 Å². The molecule has 2 aliphatic heterocycles. The second-order valence-electron chi connectivity index (χ2n) is 4.11. The van der Waals surface area contributed by atoms with Crippen LogP contribution in [0, 0.1) is 5.92 Å². The lowest BCUT2D eigenvalue weighted by atomic mass is 10.0. The molecule has 0 spiro atoms. The minimum absolute atomic E-state index is 0.0214. The van der Waals surface area contributed by atoms with Crippen molar-refractivity contribution in [2.75, 3.05) is 19.6 Å². The predicted molar refractivity (Wildman–Crippen MR) is 51.5 cm³/mol. The Morgan fingerprint density at radius 1 is 1.29 bits per heavy atom. The molecule has 0 bridgehead atoms. The van der Waals surface area contributed by atoms with Gasteiger partial charge < -0.3 is 5.32 Å². The molecule has 1 atom stereocenters. The molecule has 2 amide bonds. The molecule has 0 aromatic carbocycles. The smallest absolute Gasteiger partial charge is 0.229 e. The minimum Gasteiger partial charge on any atom is -0.316 e. The number of piperidine rings is 1. The zero-order valence-corrected chi connectivity index (χ0v) is 8.29. The summed E-state index contributed by atoms with van der Waals surface area (Å²) in [5.74, 6) is 0.516. The lowest BCUT2D eigenvalue weighted by Crippen LogP contribution is -2.43. The van der Waals surface area contributed by atoms with Crippen molar-refractivity contribution < 1.29 is 9.59 Å². The Bertz CT molecular complexity index is 231. The van der Waals surface area contributed by atoms with Crippen LogP contribution in [-0.4, -0.2) is 36.3 Å². The zero-order valence-electron chi connectivity index (χ0n) is 8.29. The van der Waals surface area contributed by atoms with Gasteiger partial charge in [0.1, 0.15) is 0 Å². The molecule has 2 heterocycles. The average Bonchev–Trinajstić information content (AvgIpc) is 2.64. The number of hydrogen-bond acceptors (Lipinski definition) is 3. The molecule has 2 fully saturated rings. The molecule has 0 saturated carbocycles. The molecule has 4 heteroatoms. The summed E-state index contributed by atoms with van der Waals surface area (Å²) in [6.45, 7) is 2.59. The van der Waals surface area contributed by atoms with Crippen molar-refractivity contribution in [3.05, 3.63) is 0 Å². The van der Waals surface area contributed by atoms with Crippen LogP contribution in [0.15, 0.2) is 0 Å². The molecule has 0 aliphatic carbocycles. The van der Waals surface area contributed by atoms with Crippen LogP contribution in [0.5, 0.6) is 0 Å². The zero-order chi connectivity index (χ0) is 9.97. The second-order valence-corrected chi connectivity index (χ2v) is 4.11. The van der Waals surface area contributed by atoms with Crippen molar-refractivity contribution >= 4 is 11.8 Å². The Balaban J connectivity index is 1.93. The summed E-state index contributed by atoms with van der Waals surface area (Å²) in [4.78, 5) is 24.4. The fraction of sp³-hybridized carbons (Fsp3) is 0.800. The van der Waals surface area contributed by atoms with E-state index in [0.29, 0.717) is 25.3 Å². The van der Waals surface area contributed by atoms with Gasteiger partial charge in [-0.1, -0.05) is 0 Å². The molecule has 14 heavy (non-hydrogen) atoms. The molecule has 2 rings (SSSR count). The van der Waals surface area contributed by atoms with Crippen molar-refractivity contribution in [3.8, 4) is 0 Å². The summed E-state index contributed by atoms with van der Waals surface area (Å²) in [5.41, 5.74) is 0. The van der Waals surface area contributed by atoms with Gasteiger partial charge in [-0.25, -0.2) is 0 Å². The van der Waals surface area contributed by atoms with E-state index in [-0.39, 0.29) is 11.8 Å². The average molecular weight is 196 g/mol. The molecule has 78 valence electrons. The summed E-state index contributed by atoms with van der Waals surface area (Å²) >= 11 is 0. The number of carbonyl (C=O) groups is 2. The van der Waals surface area contributed by atoms with Crippen molar-refractivity contribution in [1.82, 2.24) is 10.2 Å². The van der Waals surface area contributed by atoms with E-state index in [4.69, 9.17) is 0 Å². The van der Waals surface area contributed by atoms with Gasteiger partial charge in [-0.3, -0.25) is 14.5 Å². The SMILES string of the molecule is O=C1CCCC(=O)N1CC1CCNC1. The molecular formula is C10H16N2O2. The number of imide groups is 1. The van der Waals surface area contributed by atoms with E-state index in [2.05, 4.69) is 5.32 Å². The molecule has 1 N–H and O–H groups in total. The van der Waals surface area contributed by atoms with E-state index in [1.807, 2.05) is 0 Å².